The van der Waals surface area contributed by atoms with Gasteiger partial charge in [0.05, 0.1) is 31.4 Å². The Balaban J connectivity index is 2.09. The fourth-order valence-electron chi connectivity index (χ4n) is 2.75. The molecule has 0 spiro atoms. The van der Waals surface area contributed by atoms with Crippen molar-refractivity contribution in [2.45, 2.75) is 6.92 Å². The lowest BCUT2D eigenvalue weighted by Crippen LogP contribution is -2.12. The third-order valence-corrected chi connectivity index (χ3v) is 5.15. The van der Waals surface area contributed by atoms with Gasteiger partial charge in [0.1, 0.15) is 33.7 Å². The Morgan fingerprint density at radius 1 is 1.20 bits per heavy atom. The number of hydrogen-bond donors (Lipinski definition) is 1. The highest BCUT2D eigenvalue weighted by molar-refractivity contribution is 8.18. The molecule has 1 heterocycles. The third kappa shape index (κ3) is 4.65. The number of hydrogen-bond acceptors (Lipinski definition) is 7. The lowest BCUT2D eigenvalue weighted by atomic mass is 10.1. The smallest absolute Gasteiger partial charge is 0.344 e. The van der Waals surface area contributed by atoms with Gasteiger partial charge in [0.15, 0.2) is 0 Å². The van der Waals surface area contributed by atoms with E-state index < -0.39 is 11.8 Å². The number of ether oxygens (including phenoxy) is 3. The van der Waals surface area contributed by atoms with Gasteiger partial charge in [-0.05, 0) is 49.4 Å². The minimum atomic E-state index is -0.710. The molecule has 0 saturated carbocycles. The number of nitrogens with zero attached hydrogens (tertiary/aromatic N) is 1. The molecule has 30 heavy (non-hydrogen) atoms. The van der Waals surface area contributed by atoms with Crippen LogP contribution in [0.3, 0.4) is 0 Å². The first-order valence-corrected chi connectivity index (χ1v) is 9.85. The summed E-state index contributed by atoms with van der Waals surface area (Å²) in [6, 6.07) is 10.9. The van der Waals surface area contributed by atoms with Crippen molar-refractivity contribution in [2.75, 3.05) is 20.8 Å². The Hall–Kier alpha value is -3.26. The average Bonchev–Trinajstić information content (AvgIpc) is 3.02. The van der Waals surface area contributed by atoms with Crippen LogP contribution < -0.4 is 9.47 Å². The summed E-state index contributed by atoms with van der Waals surface area (Å²) in [7, 11) is 3.07. The van der Waals surface area contributed by atoms with Gasteiger partial charge in [-0.3, -0.25) is 0 Å². The Morgan fingerprint density at radius 3 is 2.67 bits per heavy atom. The summed E-state index contributed by atoms with van der Waals surface area (Å²) in [5.74, 6) is -0.266. The van der Waals surface area contributed by atoms with Gasteiger partial charge in [0.25, 0.3) is 0 Å². The maximum atomic E-state index is 13.5. The SMILES string of the molecule is CCOC(=O)C1=C(O)/C(=C\c2cc(OC)ccc2OC)SC1=Nc1cccc(F)c1. The van der Waals surface area contributed by atoms with Crippen molar-refractivity contribution in [2.24, 2.45) is 4.99 Å². The molecule has 2 aromatic carbocycles. The van der Waals surface area contributed by atoms with Gasteiger partial charge >= 0.3 is 5.97 Å². The standard InChI is InChI=1S/C22H20FNO5S/c1-4-29-22(26)19-20(25)18(11-13-10-16(27-2)8-9-17(13)28-3)30-21(19)24-15-7-5-6-14(23)12-15/h5-12,25H,4H2,1-3H3/b18-11+,24-21?. The lowest BCUT2D eigenvalue weighted by molar-refractivity contribution is -0.138. The van der Waals surface area contributed by atoms with E-state index in [0.717, 1.165) is 11.8 Å². The summed E-state index contributed by atoms with van der Waals surface area (Å²) < 4.78 is 29.2. The molecule has 1 N–H and O–H groups in total. The molecule has 0 amide bonds. The largest absolute Gasteiger partial charge is 0.506 e. The van der Waals surface area contributed by atoms with Gasteiger partial charge in [0, 0.05) is 5.56 Å². The van der Waals surface area contributed by atoms with Crippen LogP contribution in [0.25, 0.3) is 6.08 Å². The molecule has 0 aliphatic carbocycles. The predicted molar refractivity (Wildman–Crippen MR) is 115 cm³/mol. The summed E-state index contributed by atoms with van der Waals surface area (Å²) in [5, 5.41) is 11.0. The van der Waals surface area contributed by atoms with Crippen LogP contribution >= 0.6 is 11.8 Å². The van der Waals surface area contributed by atoms with E-state index in [9.17, 15) is 14.3 Å². The van der Waals surface area contributed by atoms with Crippen LogP contribution in [0.15, 0.2) is 63.7 Å². The zero-order valence-electron chi connectivity index (χ0n) is 16.6. The van der Waals surface area contributed by atoms with Crippen LogP contribution in [0.2, 0.25) is 0 Å². The molecule has 2 aromatic rings. The fraction of sp³-hybridized carbons (Fsp3) is 0.182. The predicted octanol–water partition coefficient (Wildman–Crippen LogP) is 5.04. The fourth-order valence-corrected chi connectivity index (χ4v) is 3.77. The van der Waals surface area contributed by atoms with Crippen molar-refractivity contribution in [3.63, 3.8) is 0 Å². The van der Waals surface area contributed by atoms with Crippen LogP contribution in [-0.4, -0.2) is 36.9 Å². The molecular formula is C22H20FNO5S. The van der Waals surface area contributed by atoms with E-state index >= 15 is 0 Å². The van der Waals surface area contributed by atoms with Crippen molar-refractivity contribution in [3.8, 4) is 11.5 Å². The number of aliphatic hydroxyl groups excluding tert-OH is 1. The molecule has 1 aliphatic heterocycles. The summed E-state index contributed by atoms with van der Waals surface area (Å²) in [5.41, 5.74) is 0.882. The first kappa shape index (κ1) is 21.4. The lowest BCUT2D eigenvalue weighted by Gasteiger charge is -2.08. The molecular weight excluding hydrogens is 409 g/mol. The van der Waals surface area contributed by atoms with Crippen molar-refractivity contribution >= 4 is 34.5 Å². The Kier molecular flexibility index (Phi) is 6.79. The van der Waals surface area contributed by atoms with Crippen molar-refractivity contribution in [1.29, 1.82) is 0 Å². The summed E-state index contributed by atoms with van der Waals surface area (Å²) >= 11 is 1.08. The number of aliphatic hydroxyl groups is 1. The molecule has 0 unspecified atom stereocenters. The van der Waals surface area contributed by atoms with Crippen molar-refractivity contribution in [1.82, 2.24) is 0 Å². The Bertz CT molecular complexity index is 1060. The molecule has 0 saturated heterocycles. The molecule has 0 atom stereocenters. The summed E-state index contributed by atoms with van der Waals surface area (Å²) in [6.07, 6.45) is 1.66. The number of methoxy groups -OCH3 is 2. The topological polar surface area (TPSA) is 77.4 Å². The number of aliphatic imine (C=N–C) groups is 1. The summed E-state index contributed by atoms with van der Waals surface area (Å²) in [6.45, 7) is 1.80. The third-order valence-electron chi connectivity index (χ3n) is 4.13. The van der Waals surface area contributed by atoms with Crippen LogP contribution in [0.4, 0.5) is 10.1 Å². The minimum Gasteiger partial charge on any atom is -0.506 e. The van der Waals surface area contributed by atoms with E-state index in [2.05, 4.69) is 4.99 Å². The highest BCUT2D eigenvalue weighted by atomic mass is 32.2. The molecule has 156 valence electrons. The number of thioether (sulfide) groups is 1. The second kappa shape index (κ2) is 9.49. The zero-order valence-corrected chi connectivity index (χ0v) is 17.5. The first-order chi connectivity index (χ1) is 14.5. The molecule has 8 heteroatoms. The zero-order chi connectivity index (χ0) is 21.7. The van der Waals surface area contributed by atoms with Gasteiger partial charge in [-0.25, -0.2) is 14.2 Å². The monoisotopic (exact) mass is 429 g/mol. The molecule has 1 aliphatic rings. The van der Waals surface area contributed by atoms with E-state index in [1.54, 1.807) is 44.4 Å². The minimum absolute atomic E-state index is 0.0702. The van der Waals surface area contributed by atoms with E-state index in [1.807, 2.05) is 0 Å². The van der Waals surface area contributed by atoms with Gasteiger partial charge in [-0.2, -0.15) is 0 Å². The maximum Gasteiger partial charge on any atom is 0.344 e. The molecule has 0 aromatic heterocycles. The van der Waals surface area contributed by atoms with E-state index in [0.29, 0.717) is 27.7 Å². The number of carbonyl (C=O) groups excluding carboxylic acids is 1. The highest BCUT2D eigenvalue weighted by Crippen LogP contribution is 2.41. The number of carbonyl (C=O) groups is 1. The molecule has 3 rings (SSSR count). The van der Waals surface area contributed by atoms with Gasteiger partial charge < -0.3 is 19.3 Å². The van der Waals surface area contributed by atoms with Crippen molar-refractivity contribution < 1.29 is 28.5 Å². The van der Waals surface area contributed by atoms with Gasteiger partial charge in [-0.15, -0.1) is 0 Å². The normalized spacial score (nSPS) is 16.3. The molecule has 6 nitrogen and oxygen atoms in total. The Labute approximate surface area is 177 Å². The average molecular weight is 429 g/mol. The van der Waals surface area contributed by atoms with Gasteiger partial charge in [-0.1, -0.05) is 17.8 Å². The second-order valence-corrected chi connectivity index (χ2v) is 7.09. The van der Waals surface area contributed by atoms with Crippen LogP contribution in [0.5, 0.6) is 11.5 Å². The molecule has 0 fully saturated rings. The second-order valence-electron chi connectivity index (χ2n) is 6.06. The van der Waals surface area contributed by atoms with Crippen LogP contribution in [0, 0.1) is 5.82 Å². The number of esters is 1. The van der Waals surface area contributed by atoms with Crippen LogP contribution in [-0.2, 0) is 9.53 Å². The van der Waals surface area contributed by atoms with Crippen LogP contribution in [0.1, 0.15) is 12.5 Å². The van der Waals surface area contributed by atoms with Gasteiger partial charge in [0.2, 0.25) is 0 Å². The Morgan fingerprint density at radius 2 is 2.00 bits per heavy atom. The van der Waals surface area contributed by atoms with Crippen molar-refractivity contribution in [3.05, 3.63) is 70.1 Å². The van der Waals surface area contributed by atoms with E-state index in [4.69, 9.17) is 14.2 Å². The molecule has 0 radical (unpaired) electrons. The molecule has 0 bridgehead atoms. The summed E-state index contributed by atoms with van der Waals surface area (Å²) in [4.78, 5) is 17.2. The number of benzene rings is 2. The maximum absolute atomic E-state index is 13.5. The number of halogens is 1. The van der Waals surface area contributed by atoms with E-state index in [1.165, 1.54) is 25.3 Å². The number of rotatable bonds is 6. The highest BCUT2D eigenvalue weighted by Gasteiger charge is 2.33. The first-order valence-electron chi connectivity index (χ1n) is 9.03. The quantitative estimate of drug-likeness (QED) is 0.649. The van der Waals surface area contributed by atoms with E-state index in [-0.39, 0.29) is 23.0 Å².